The van der Waals surface area contributed by atoms with Crippen LogP contribution >= 0.6 is 0 Å². The van der Waals surface area contributed by atoms with Crippen LogP contribution in [-0.2, 0) is 24.0 Å². The van der Waals surface area contributed by atoms with Gasteiger partial charge < -0.3 is 15.4 Å². The van der Waals surface area contributed by atoms with E-state index in [1.807, 2.05) is 0 Å². The highest BCUT2D eigenvalue weighted by Gasteiger charge is 2.12. The molecule has 11 heteroatoms. The first-order valence-corrected chi connectivity index (χ1v) is 10.7. The number of hydrogen-bond donors (Lipinski definition) is 4. The molecule has 0 saturated heterocycles. The zero-order valence-corrected chi connectivity index (χ0v) is 18.3. The average molecular weight is 445 g/mol. The number of carbonyl (C=O) groups is 5. The fourth-order valence-electron chi connectivity index (χ4n) is 2.58. The van der Waals surface area contributed by atoms with Gasteiger partial charge in [0, 0.05) is 58.8 Å². The van der Waals surface area contributed by atoms with Gasteiger partial charge in [0.05, 0.1) is 0 Å². The van der Waals surface area contributed by atoms with Crippen LogP contribution in [0.5, 0.6) is 0 Å². The molecule has 0 rings (SSSR count). The largest absolute Gasteiger partial charge is 0.356 e. The minimum absolute atomic E-state index is 0.0164. The van der Waals surface area contributed by atoms with Crippen LogP contribution in [-0.4, -0.2) is 76.6 Å². The van der Waals surface area contributed by atoms with Crippen molar-refractivity contribution in [2.75, 3.05) is 26.2 Å². The van der Waals surface area contributed by atoms with Crippen molar-refractivity contribution >= 4 is 29.9 Å². The van der Waals surface area contributed by atoms with Gasteiger partial charge in [0.1, 0.15) is 6.29 Å². The third-order valence-corrected chi connectivity index (χ3v) is 4.44. The van der Waals surface area contributed by atoms with E-state index in [-0.39, 0.29) is 50.6 Å². The number of carbonyl (C=O) groups excluding carboxylic acids is 5. The summed E-state index contributed by atoms with van der Waals surface area (Å²) in [5.74, 6) is -1.38. The normalized spacial score (nSPS) is 10.3. The van der Waals surface area contributed by atoms with Crippen molar-refractivity contribution in [2.24, 2.45) is 0 Å². The molecule has 11 nitrogen and oxygen atoms in total. The molecule has 0 unspecified atom stereocenters. The molecule has 0 spiro atoms. The number of hydrogen-bond acceptors (Lipinski definition) is 7. The van der Waals surface area contributed by atoms with Crippen molar-refractivity contribution in [1.82, 2.24) is 20.8 Å². The number of rotatable bonds is 18. The molecule has 0 heterocycles. The van der Waals surface area contributed by atoms with Gasteiger partial charge in [-0.1, -0.05) is 0 Å². The Labute approximate surface area is 183 Å². The number of amides is 4. The zero-order valence-electron chi connectivity index (χ0n) is 18.3. The zero-order chi connectivity index (χ0) is 23.5. The molecule has 0 aliphatic carbocycles. The van der Waals surface area contributed by atoms with Crippen LogP contribution in [0.15, 0.2) is 0 Å². The van der Waals surface area contributed by atoms with E-state index in [2.05, 4.69) is 10.6 Å². The van der Waals surface area contributed by atoms with E-state index >= 15 is 0 Å². The number of nitrogens with zero attached hydrogens (tertiary/aromatic N) is 2. The lowest BCUT2D eigenvalue weighted by Crippen LogP contribution is -2.31. The van der Waals surface area contributed by atoms with E-state index < -0.39 is 11.8 Å². The lowest BCUT2D eigenvalue weighted by molar-refractivity contribution is -0.166. The second-order valence-electron chi connectivity index (χ2n) is 7.19. The first kappa shape index (κ1) is 28.5. The summed E-state index contributed by atoms with van der Waals surface area (Å²) in [5, 5.41) is 25.6. The molecule has 4 amide bonds. The molecule has 0 aromatic carbocycles. The van der Waals surface area contributed by atoms with Gasteiger partial charge in [0.25, 0.3) is 0 Å². The maximum atomic E-state index is 11.8. The number of nitrogens with one attached hydrogen (secondary N) is 2. The molecule has 0 atom stereocenters. The van der Waals surface area contributed by atoms with Crippen molar-refractivity contribution in [3.8, 4) is 0 Å². The molecule has 0 saturated carbocycles. The molecule has 0 aromatic heterocycles. The summed E-state index contributed by atoms with van der Waals surface area (Å²) in [5.41, 5.74) is 0. The molecular formula is C20H36N4O7. The minimum atomic E-state index is -0.524. The molecule has 0 bridgehead atoms. The molecule has 0 radical (unpaired) electrons. The second-order valence-corrected chi connectivity index (χ2v) is 7.19. The first-order chi connectivity index (χ1) is 14.8. The maximum absolute atomic E-state index is 11.8. The van der Waals surface area contributed by atoms with Gasteiger partial charge in [-0.15, -0.1) is 0 Å². The van der Waals surface area contributed by atoms with Crippen LogP contribution in [0, 0.1) is 0 Å². The number of unbranched alkanes of at least 4 members (excludes halogenated alkanes) is 4. The fraction of sp³-hybridized carbons (Fsp3) is 0.750. The topological polar surface area (TPSA) is 156 Å². The van der Waals surface area contributed by atoms with E-state index in [9.17, 15) is 34.4 Å². The van der Waals surface area contributed by atoms with Gasteiger partial charge in [-0.3, -0.25) is 29.6 Å². The predicted octanol–water partition coefficient (Wildman–Crippen LogP) is 0.774. The lowest BCUT2D eigenvalue weighted by atomic mass is 10.2. The highest BCUT2D eigenvalue weighted by molar-refractivity contribution is 5.83. The van der Waals surface area contributed by atoms with Crippen molar-refractivity contribution in [2.45, 2.75) is 71.1 Å². The molecule has 4 N–H and O–H groups in total. The van der Waals surface area contributed by atoms with Crippen LogP contribution in [0.4, 0.5) is 0 Å². The van der Waals surface area contributed by atoms with Gasteiger partial charge in [-0.25, -0.2) is 10.1 Å². The van der Waals surface area contributed by atoms with Crippen molar-refractivity contribution in [3.05, 3.63) is 0 Å². The van der Waals surface area contributed by atoms with E-state index in [0.717, 1.165) is 6.42 Å². The third-order valence-electron chi connectivity index (χ3n) is 4.44. The molecule has 31 heavy (non-hydrogen) atoms. The van der Waals surface area contributed by atoms with E-state index in [4.69, 9.17) is 0 Å². The molecule has 0 aliphatic heterocycles. The lowest BCUT2D eigenvalue weighted by Gasteiger charge is -2.15. The third kappa shape index (κ3) is 16.9. The Hall–Kier alpha value is -2.53. The standard InChI is InChI=1S/C20H36N4O7/c1-17(26)23(30)14-6-2-4-13-22-19(28)10-11-20(29)24(31)15-7-3-5-12-21-18(27)9-8-16-25/h16,30-31H,2-15H2,1H3,(H,21,27)(H,22,28). The average Bonchev–Trinajstić information content (AvgIpc) is 2.74. The summed E-state index contributed by atoms with van der Waals surface area (Å²) in [6.07, 6.45) is 4.99. The SMILES string of the molecule is CC(=O)N(O)CCCCCNC(=O)CCC(=O)N(O)CCCCCNC(=O)CCC=O. The van der Waals surface area contributed by atoms with Gasteiger partial charge in [0.15, 0.2) is 0 Å². The summed E-state index contributed by atoms with van der Waals surface area (Å²) in [6, 6.07) is 0. The highest BCUT2D eigenvalue weighted by atomic mass is 16.5. The quantitative estimate of drug-likeness (QED) is 0.105. The Morgan fingerprint density at radius 2 is 1.26 bits per heavy atom. The van der Waals surface area contributed by atoms with Crippen LogP contribution < -0.4 is 10.6 Å². The molecule has 0 aliphatic rings. The van der Waals surface area contributed by atoms with E-state index in [1.54, 1.807) is 0 Å². The van der Waals surface area contributed by atoms with E-state index in [1.165, 1.54) is 6.92 Å². The summed E-state index contributed by atoms with van der Waals surface area (Å²) >= 11 is 0. The smallest absolute Gasteiger partial charge is 0.246 e. The monoisotopic (exact) mass is 444 g/mol. The number of aldehydes is 1. The van der Waals surface area contributed by atoms with Crippen LogP contribution in [0.25, 0.3) is 0 Å². The van der Waals surface area contributed by atoms with Crippen molar-refractivity contribution < 1.29 is 34.4 Å². The second kappa shape index (κ2) is 18.3. The number of hydroxylamine groups is 4. The fourth-order valence-corrected chi connectivity index (χ4v) is 2.58. The van der Waals surface area contributed by atoms with Crippen LogP contribution in [0.2, 0.25) is 0 Å². The molecular weight excluding hydrogens is 408 g/mol. The Bertz CT molecular complexity index is 572. The minimum Gasteiger partial charge on any atom is -0.356 e. The van der Waals surface area contributed by atoms with Crippen LogP contribution in [0.3, 0.4) is 0 Å². The van der Waals surface area contributed by atoms with Gasteiger partial charge in [-0.05, 0) is 38.5 Å². The maximum Gasteiger partial charge on any atom is 0.246 e. The summed E-state index contributed by atoms with van der Waals surface area (Å²) in [7, 11) is 0. The van der Waals surface area contributed by atoms with Gasteiger partial charge in [-0.2, -0.15) is 0 Å². The van der Waals surface area contributed by atoms with E-state index in [0.29, 0.717) is 61.6 Å². The predicted molar refractivity (Wildman–Crippen MR) is 111 cm³/mol. The highest BCUT2D eigenvalue weighted by Crippen LogP contribution is 2.02. The van der Waals surface area contributed by atoms with Crippen molar-refractivity contribution in [1.29, 1.82) is 0 Å². The Kier molecular flexibility index (Phi) is 16.8. The van der Waals surface area contributed by atoms with Gasteiger partial charge in [0.2, 0.25) is 23.6 Å². The Balaban J connectivity index is 3.66. The molecule has 0 fully saturated rings. The molecule has 0 aromatic rings. The summed E-state index contributed by atoms with van der Waals surface area (Å²) < 4.78 is 0. The Morgan fingerprint density at radius 3 is 1.77 bits per heavy atom. The Morgan fingerprint density at radius 1 is 0.742 bits per heavy atom. The van der Waals surface area contributed by atoms with Gasteiger partial charge >= 0.3 is 0 Å². The molecule has 178 valence electrons. The van der Waals surface area contributed by atoms with Crippen LogP contribution in [0.1, 0.15) is 71.1 Å². The van der Waals surface area contributed by atoms with Crippen molar-refractivity contribution in [3.63, 3.8) is 0 Å². The first-order valence-electron chi connectivity index (χ1n) is 10.7. The summed E-state index contributed by atoms with van der Waals surface area (Å²) in [6.45, 7) is 2.60. The summed E-state index contributed by atoms with van der Waals surface area (Å²) in [4.78, 5) is 55.9.